The van der Waals surface area contributed by atoms with Gasteiger partial charge in [0.2, 0.25) is 0 Å². The van der Waals surface area contributed by atoms with Crippen LogP contribution in [-0.2, 0) is 33.3 Å². The molecule has 0 heterocycles. The van der Waals surface area contributed by atoms with Crippen molar-refractivity contribution < 1.29 is 42.9 Å². The molecule has 0 bridgehead atoms. The van der Waals surface area contributed by atoms with Gasteiger partial charge in [-0.25, -0.2) is 0 Å². The second-order valence-corrected chi connectivity index (χ2v) is 28.7. The van der Waals surface area contributed by atoms with Gasteiger partial charge in [-0.2, -0.15) is 0 Å². The van der Waals surface area contributed by atoms with Crippen LogP contribution in [0.5, 0.6) is 0 Å². The van der Waals surface area contributed by atoms with Crippen LogP contribution in [-0.4, -0.2) is 82.3 Å². The number of nitrogens with zero attached hydrogens (tertiary/aromatic N) is 1. The summed E-state index contributed by atoms with van der Waals surface area (Å²) in [6, 6.07) is 0. The summed E-state index contributed by atoms with van der Waals surface area (Å²) < 4.78 is 22.9. The van der Waals surface area contributed by atoms with Gasteiger partial charge in [0, 0.05) is 12.8 Å². The Balaban J connectivity index is 3.95. The number of carbonyl (C=O) groups excluding carboxylic acids is 3. The third-order valence-corrected chi connectivity index (χ3v) is 18.3. The number of likely N-dealkylation sites (N-methyl/N-ethyl adjacent to an activating group) is 1. The molecular weight excluding hydrogens is 1150 g/mol. The van der Waals surface area contributed by atoms with E-state index in [4.69, 9.17) is 18.9 Å². The first-order valence-corrected chi connectivity index (χ1v) is 40.4. The van der Waals surface area contributed by atoms with Crippen molar-refractivity contribution in [3.05, 3.63) is 60.8 Å². The Kier molecular flexibility index (Phi) is 72.4. The van der Waals surface area contributed by atoms with E-state index in [0.29, 0.717) is 23.9 Å². The lowest BCUT2D eigenvalue weighted by Gasteiger charge is -2.26. The Morgan fingerprint density at radius 1 is 0.333 bits per heavy atom. The van der Waals surface area contributed by atoms with E-state index in [1.165, 1.54) is 295 Å². The molecular formula is C84H155NO8. The average Bonchev–Trinajstić information content (AvgIpc) is 3.74. The largest absolute Gasteiger partial charge is 0.545 e. The van der Waals surface area contributed by atoms with Gasteiger partial charge in [0.25, 0.3) is 0 Å². The number of unbranched alkanes of at least 4 members (excludes halogenated alkanes) is 51. The quantitative estimate of drug-likeness (QED) is 0.0195. The number of hydrogen-bond donors (Lipinski definition) is 0. The topological polar surface area (TPSA) is 111 Å². The van der Waals surface area contributed by atoms with Crippen LogP contribution in [0.3, 0.4) is 0 Å². The molecule has 0 aromatic heterocycles. The summed E-state index contributed by atoms with van der Waals surface area (Å²) >= 11 is 0. The van der Waals surface area contributed by atoms with E-state index in [1.54, 1.807) is 0 Å². The maximum absolute atomic E-state index is 13.0. The lowest BCUT2D eigenvalue weighted by molar-refractivity contribution is -0.870. The number of esters is 2. The molecule has 0 radical (unpaired) electrons. The van der Waals surface area contributed by atoms with Crippen LogP contribution in [0.4, 0.5) is 0 Å². The number of rotatable bonds is 76. The van der Waals surface area contributed by atoms with E-state index >= 15 is 0 Å². The van der Waals surface area contributed by atoms with E-state index in [1.807, 2.05) is 21.1 Å². The van der Waals surface area contributed by atoms with Crippen LogP contribution in [0.25, 0.3) is 0 Å². The van der Waals surface area contributed by atoms with Gasteiger partial charge in [0.1, 0.15) is 13.2 Å². The molecule has 0 aliphatic rings. The number of hydrogen-bond acceptors (Lipinski definition) is 8. The van der Waals surface area contributed by atoms with Gasteiger partial charge in [-0.15, -0.1) is 0 Å². The number of allylic oxidation sites excluding steroid dienone is 10. The molecule has 0 saturated heterocycles. The smallest absolute Gasteiger partial charge is 0.306 e. The standard InChI is InChI=1S/C84H155NO8/c1-6-8-10-12-14-16-18-20-22-24-26-28-30-32-34-36-37-38-39-40-41-42-43-44-45-47-48-50-52-54-56-58-60-62-64-66-68-70-72-74-81(86)91-78-80(79-92-84(83(88)89)90-77-76-85(3,4)5)93-82(87)75-73-71-69-67-65-63-61-59-57-55-53-51-49-46-35-33-31-29-27-25-23-21-19-17-15-13-11-9-7-2/h9,11,15,17,21,23,27,29,33,35,80,84H,6-8,10,12-14,16,18-20,22,24-26,28,30-32,34,36-79H2,1-5H3/b11-9-,17-15-,23-21-,29-27-,35-33-. The fourth-order valence-corrected chi connectivity index (χ4v) is 12.2. The normalized spacial score (nSPS) is 12.9. The molecule has 0 spiro atoms. The molecule has 0 aromatic rings. The van der Waals surface area contributed by atoms with Crippen molar-refractivity contribution in [2.75, 3.05) is 47.5 Å². The van der Waals surface area contributed by atoms with Gasteiger partial charge < -0.3 is 33.3 Å². The average molecular weight is 1310 g/mol. The Labute approximate surface area is 577 Å². The highest BCUT2D eigenvalue weighted by Crippen LogP contribution is 2.20. The zero-order chi connectivity index (χ0) is 67.5. The predicted octanol–water partition coefficient (Wildman–Crippen LogP) is 24.5. The van der Waals surface area contributed by atoms with Crippen LogP contribution in [0.1, 0.15) is 399 Å². The van der Waals surface area contributed by atoms with Crippen molar-refractivity contribution in [2.45, 2.75) is 411 Å². The van der Waals surface area contributed by atoms with E-state index < -0.39 is 24.3 Å². The Morgan fingerprint density at radius 2 is 0.613 bits per heavy atom. The maximum atomic E-state index is 13.0. The van der Waals surface area contributed by atoms with Crippen LogP contribution >= 0.6 is 0 Å². The minimum Gasteiger partial charge on any atom is -0.545 e. The zero-order valence-electron chi connectivity index (χ0n) is 62.4. The van der Waals surface area contributed by atoms with Gasteiger partial charge in [-0.1, -0.05) is 389 Å². The number of carbonyl (C=O) groups is 3. The molecule has 0 amide bonds. The summed E-state index contributed by atoms with van der Waals surface area (Å²) in [5, 5.41) is 11.9. The Hall–Kier alpha value is -3.01. The van der Waals surface area contributed by atoms with Crippen molar-refractivity contribution in [2.24, 2.45) is 0 Å². The lowest BCUT2D eigenvalue weighted by Crippen LogP contribution is -2.44. The zero-order valence-corrected chi connectivity index (χ0v) is 62.4. The van der Waals surface area contributed by atoms with Gasteiger partial charge in [-0.05, 0) is 57.8 Å². The predicted molar refractivity (Wildman–Crippen MR) is 399 cm³/mol. The fourth-order valence-electron chi connectivity index (χ4n) is 12.2. The number of carboxylic acid groups (broad SMARTS) is 1. The second kappa shape index (κ2) is 74.8. The second-order valence-electron chi connectivity index (χ2n) is 28.7. The molecule has 0 aromatic carbocycles. The number of ether oxygens (including phenoxy) is 4. The van der Waals surface area contributed by atoms with Crippen molar-refractivity contribution in [1.29, 1.82) is 0 Å². The van der Waals surface area contributed by atoms with Gasteiger partial charge in [-0.3, -0.25) is 9.59 Å². The van der Waals surface area contributed by atoms with Crippen molar-refractivity contribution in [3.63, 3.8) is 0 Å². The number of carboxylic acids is 1. The molecule has 93 heavy (non-hydrogen) atoms. The highest BCUT2D eigenvalue weighted by molar-refractivity contribution is 5.70. The van der Waals surface area contributed by atoms with Crippen molar-refractivity contribution in [3.8, 4) is 0 Å². The third-order valence-electron chi connectivity index (χ3n) is 18.3. The molecule has 0 aliphatic heterocycles. The van der Waals surface area contributed by atoms with Gasteiger partial charge in [0.15, 0.2) is 12.4 Å². The van der Waals surface area contributed by atoms with Crippen LogP contribution in [0.15, 0.2) is 60.8 Å². The highest BCUT2D eigenvalue weighted by Gasteiger charge is 2.22. The molecule has 9 heteroatoms. The minimum absolute atomic E-state index is 0.148. The van der Waals surface area contributed by atoms with Crippen LogP contribution < -0.4 is 5.11 Å². The summed E-state index contributed by atoms with van der Waals surface area (Å²) in [5.74, 6) is -2.26. The highest BCUT2D eigenvalue weighted by atomic mass is 16.7. The molecule has 0 fully saturated rings. The van der Waals surface area contributed by atoms with E-state index in [0.717, 1.165) is 70.6 Å². The molecule has 544 valence electrons. The number of quaternary nitrogens is 1. The molecule has 0 aliphatic carbocycles. The summed E-state index contributed by atoms with van der Waals surface area (Å²) in [7, 11) is 5.95. The lowest BCUT2D eigenvalue weighted by atomic mass is 10.0. The first-order valence-electron chi connectivity index (χ1n) is 40.4. The summed E-state index contributed by atoms with van der Waals surface area (Å²) in [5.41, 5.74) is 0. The molecule has 0 rings (SSSR count). The minimum atomic E-state index is -1.62. The van der Waals surface area contributed by atoms with Gasteiger partial charge in [0.05, 0.1) is 40.3 Å². The SMILES string of the molecule is CC/C=C\C/C=C\C/C=C\C/C=C\C/C=C\CCCCCCCCCCCCCCCC(=O)OC(COC(=O)CCCCCCCCCCCCCCCCCCCCCCCCCCCCCCCCCCCCCCCCC)COC(OCC[N+](C)(C)C)C(=O)[O-]. The van der Waals surface area contributed by atoms with E-state index in [-0.39, 0.29) is 32.2 Å². The fraction of sp³-hybridized carbons (Fsp3) is 0.845. The van der Waals surface area contributed by atoms with Crippen molar-refractivity contribution >= 4 is 17.9 Å². The molecule has 0 saturated carbocycles. The van der Waals surface area contributed by atoms with Gasteiger partial charge >= 0.3 is 11.9 Å². The first kappa shape index (κ1) is 90.0. The molecule has 0 N–H and O–H groups in total. The Bertz CT molecular complexity index is 1710. The molecule has 2 unspecified atom stereocenters. The third kappa shape index (κ3) is 76.2. The van der Waals surface area contributed by atoms with E-state index in [2.05, 4.69) is 74.6 Å². The molecule has 2 atom stereocenters. The number of aliphatic carboxylic acids is 1. The molecule has 9 nitrogen and oxygen atoms in total. The van der Waals surface area contributed by atoms with Crippen LogP contribution in [0.2, 0.25) is 0 Å². The van der Waals surface area contributed by atoms with Crippen LogP contribution in [0, 0.1) is 0 Å². The maximum Gasteiger partial charge on any atom is 0.306 e. The summed E-state index contributed by atoms with van der Waals surface area (Å²) in [6.45, 7) is 4.70. The first-order chi connectivity index (χ1) is 45.6. The van der Waals surface area contributed by atoms with E-state index in [9.17, 15) is 19.5 Å². The summed E-state index contributed by atoms with van der Waals surface area (Å²) in [4.78, 5) is 37.6. The van der Waals surface area contributed by atoms with Crippen molar-refractivity contribution in [1.82, 2.24) is 0 Å². The Morgan fingerprint density at radius 3 is 0.914 bits per heavy atom. The summed E-state index contributed by atoms with van der Waals surface area (Å²) in [6.07, 6.45) is 96.5. The monoisotopic (exact) mass is 1310 g/mol.